The fourth-order valence-corrected chi connectivity index (χ4v) is 4.59. The highest BCUT2D eigenvalue weighted by Crippen LogP contribution is 2.30. The molecule has 3 aromatic carbocycles. The Hall–Kier alpha value is -4.36. The molecule has 2 aromatic heterocycles. The van der Waals surface area contributed by atoms with E-state index in [2.05, 4.69) is 15.2 Å². The molecule has 0 atom stereocenters. The Bertz CT molecular complexity index is 1590. The van der Waals surface area contributed by atoms with Gasteiger partial charge in [0.05, 0.1) is 12.1 Å². The second kappa shape index (κ2) is 9.02. The topological polar surface area (TPSA) is 88.3 Å². The second-order valence-corrected chi connectivity index (χ2v) is 9.23. The van der Waals surface area contributed by atoms with Crippen LogP contribution in [-0.4, -0.2) is 32.7 Å². The molecule has 1 aliphatic carbocycles. The highest BCUT2D eigenvalue weighted by atomic mass is 16.3. The second-order valence-electron chi connectivity index (χ2n) is 9.23. The van der Waals surface area contributed by atoms with Crippen molar-refractivity contribution in [2.75, 3.05) is 17.2 Å². The molecule has 180 valence electrons. The van der Waals surface area contributed by atoms with Crippen molar-refractivity contribution in [1.82, 2.24) is 9.13 Å². The summed E-state index contributed by atoms with van der Waals surface area (Å²) in [6.45, 7) is 0.593. The van der Waals surface area contributed by atoms with Gasteiger partial charge in [-0.3, -0.25) is 9.59 Å². The molecule has 0 spiro atoms. The summed E-state index contributed by atoms with van der Waals surface area (Å²) in [5.41, 5.74) is 5.11. The van der Waals surface area contributed by atoms with E-state index in [4.69, 9.17) is 0 Å². The number of aliphatic hydroxyl groups excluding tert-OH is 1. The van der Waals surface area contributed by atoms with E-state index >= 15 is 0 Å². The van der Waals surface area contributed by atoms with Crippen LogP contribution in [0.1, 0.15) is 23.2 Å². The van der Waals surface area contributed by atoms with Crippen LogP contribution in [0.3, 0.4) is 0 Å². The molecule has 2 amide bonds. The molecule has 0 unspecified atom stereocenters. The van der Waals surface area contributed by atoms with Crippen molar-refractivity contribution in [3.05, 3.63) is 90.8 Å². The molecule has 1 saturated carbocycles. The standard InChI is InChI=1S/C29H26N4O3/c34-16-15-32-13-11-20-17-22(3-9-26(20)32)29(36)31-24-6-10-27-21(18-24)12-14-33(27)25-7-4-23(5-8-25)30-28(35)19-1-2-19/h3-14,17-19,34H,1-2,15-16H2,(H,30,35)(H,31,36). The molecule has 2 heterocycles. The molecule has 5 aromatic rings. The molecule has 7 heteroatoms. The summed E-state index contributed by atoms with van der Waals surface area (Å²) >= 11 is 0. The molecule has 1 aliphatic rings. The lowest BCUT2D eigenvalue weighted by molar-refractivity contribution is -0.117. The maximum Gasteiger partial charge on any atom is 0.255 e. The zero-order valence-electron chi connectivity index (χ0n) is 19.6. The summed E-state index contributed by atoms with van der Waals surface area (Å²) < 4.78 is 4.05. The number of fused-ring (bicyclic) bond motifs is 2. The summed E-state index contributed by atoms with van der Waals surface area (Å²) in [7, 11) is 0. The van der Waals surface area contributed by atoms with Crippen molar-refractivity contribution in [3.63, 3.8) is 0 Å². The quantitative estimate of drug-likeness (QED) is 0.301. The van der Waals surface area contributed by atoms with Gasteiger partial charge in [0.2, 0.25) is 5.91 Å². The lowest BCUT2D eigenvalue weighted by Gasteiger charge is -2.10. The first-order chi connectivity index (χ1) is 17.6. The van der Waals surface area contributed by atoms with E-state index in [1.165, 1.54) is 0 Å². The van der Waals surface area contributed by atoms with Gasteiger partial charge in [-0.2, -0.15) is 0 Å². The molecule has 6 rings (SSSR count). The molecule has 0 saturated heterocycles. The number of hydrogen-bond acceptors (Lipinski definition) is 3. The third-order valence-electron chi connectivity index (χ3n) is 6.68. The zero-order chi connectivity index (χ0) is 24.6. The van der Waals surface area contributed by atoms with Crippen molar-refractivity contribution in [2.45, 2.75) is 19.4 Å². The smallest absolute Gasteiger partial charge is 0.255 e. The summed E-state index contributed by atoms with van der Waals surface area (Å²) in [4.78, 5) is 24.9. The summed E-state index contributed by atoms with van der Waals surface area (Å²) in [6.07, 6.45) is 5.88. The van der Waals surface area contributed by atoms with Gasteiger partial charge in [0.1, 0.15) is 0 Å². The van der Waals surface area contributed by atoms with Gasteiger partial charge in [-0.05, 0) is 85.6 Å². The first-order valence-electron chi connectivity index (χ1n) is 12.1. The number of rotatable bonds is 7. The number of hydrogen-bond donors (Lipinski definition) is 3. The highest BCUT2D eigenvalue weighted by Gasteiger charge is 2.29. The predicted octanol–water partition coefficient (Wildman–Crippen LogP) is 5.18. The maximum absolute atomic E-state index is 12.9. The van der Waals surface area contributed by atoms with Gasteiger partial charge in [-0.15, -0.1) is 0 Å². The number of amides is 2. The number of aliphatic hydroxyl groups is 1. The van der Waals surface area contributed by atoms with Crippen molar-refractivity contribution in [2.24, 2.45) is 5.92 Å². The minimum atomic E-state index is -0.172. The number of nitrogens with one attached hydrogen (secondary N) is 2. The largest absolute Gasteiger partial charge is 0.395 e. The molecule has 7 nitrogen and oxygen atoms in total. The molecule has 3 N–H and O–H groups in total. The molecular weight excluding hydrogens is 452 g/mol. The molecule has 1 fully saturated rings. The van der Waals surface area contributed by atoms with Gasteiger partial charge < -0.3 is 24.9 Å². The van der Waals surface area contributed by atoms with Crippen LogP contribution in [0.2, 0.25) is 0 Å². The van der Waals surface area contributed by atoms with E-state index in [0.29, 0.717) is 12.1 Å². The van der Waals surface area contributed by atoms with E-state index in [9.17, 15) is 14.7 Å². The Morgan fingerprint density at radius 2 is 1.53 bits per heavy atom. The van der Waals surface area contributed by atoms with Gasteiger partial charge in [0.25, 0.3) is 5.91 Å². The third kappa shape index (κ3) is 4.25. The van der Waals surface area contributed by atoms with Gasteiger partial charge in [0.15, 0.2) is 0 Å². The van der Waals surface area contributed by atoms with E-state index < -0.39 is 0 Å². The zero-order valence-corrected chi connectivity index (χ0v) is 19.6. The van der Waals surface area contributed by atoms with E-state index in [1.807, 2.05) is 83.7 Å². The van der Waals surface area contributed by atoms with Gasteiger partial charge in [0, 0.05) is 63.8 Å². The Kier molecular flexibility index (Phi) is 5.54. The predicted molar refractivity (Wildman–Crippen MR) is 142 cm³/mol. The SMILES string of the molecule is O=C(Nc1ccc2c(ccn2-c2ccc(NC(=O)C3CC3)cc2)c1)c1ccc2c(ccn2CCO)c1. The van der Waals surface area contributed by atoms with Crippen LogP contribution in [0.5, 0.6) is 0 Å². The number of benzene rings is 3. The lowest BCUT2D eigenvalue weighted by Crippen LogP contribution is -2.13. The summed E-state index contributed by atoms with van der Waals surface area (Å²) in [5, 5.41) is 17.1. The number of aromatic nitrogens is 2. The minimum absolute atomic E-state index is 0.0696. The molecular formula is C29H26N4O3. The average Bonchev–Trinajstić information content (AvgIpc) is 3.56. The fourth-order valence-electron chi connectivity index (χ4n) is 4.59. The van der Waals surface area contributed by atoms with Crippen LogP contribution in [-0.2, 0) is 11.3 Å². The number of carbonyl (C=O) groups excluding carboxylic acids is 2. The van der Waals surface area contributed by atoms with Crippen LogP contribution in [0, 0.1) is 5.92 Å². The van der Waals surface area contributed by atoms with Gasteiger partial charge in [-0.1, -0.05) is 0 Å². The van der Waals surface area contributed by atoms with Crippen molar-refractivity contribution < 1.29 is 14.7 Å². The molecule has 0 aliphatic heterocycles. The normalized spacial score (nSPS) is 13.2. The number of carbonyl (C=O) groups is 2. The van der Waals surface area contributed by atoms with Crippen molar-refractivity contribution >= 4 is 45.0 Å². The summed E-state index contributed by atoms with van der Waals surface area (Å²) in [5.74, 6) is 0.104. The Balaban J connectivity index is 1.18. The summed E-state index contributed by atoms with van der Waals surface area (Å²) in [6, 6.07) is 23.2. The Labute approximate surface area is 208 Å². The molecule has 36 heavy (non-hydrogen) atoms. The Morgan fingerprint density at radius 3 is 2.31 bits per heavy atom. The van der Waals surface area contributed by atoms with Gasteiger partial charge in [-0.25, -0.2) is 0 Å². The third-order valence-corrected chi connectivity index (χ3v) is 6.68. The van der Waals surface area contributed by atoms with Crippen LogP contribution >= 0.6 is 0 Å². The van der Waals surface area contributed by atoms with E-state index in [1.54, 1.807) is 6.07 Å². The highest BCUT2D eigenvalue weighted by molar-refractivity contribution is 6.07. The van der Waals surface area contributed by atoms with Crippen LogP contribution < -0.4 is 10.6 Å². The van der Waals surface area contributed by atoms with E-state index in [-0.39, 0.29) is 24.3 Å². The monoisotopic (exact) mass is 478 g/mol. The van der Waals surface area contributed by atoms with Crippen molar-refractivity contribution in [1.29, 1.82) is 0 Å². The van der Waals surface area contributed by atoms with Crippen LogP contribution in [0.4, 0.5) is 11.4 Å². The maximum atomic E-state index is 12.9. The lowest BCUT2D eigenvalue weighted by atomic mass is 10.1. The molecule has 0 bridgehead atoms. The van der Waals surface area contributed by atoms with Crippen LogP contribution in [0.25, 0.3) is 27.5 Å². The first-order valence-corrected chi connectivity index (χ1v) is 12.1. The van der Waals surface area contributed by atoms with Crippen molar-refractivity contribution in [3.8, 4) is 5.69 Å². The number of anilines is 2. The van der Waals surface area contributed by atoms with Gasteiger partial charge >= 0.3 is 0 Å². The van der Waals surface area contributed by atoms with Crippen LogP contribution in [0.15, 0.2) is 85.2 Å². The van der Waals surface area contributed by atoms with E-state index in [0.717, 1.165) is 51.7 Å². The number of nitrogens with zero attached hydrogens (tertiary/aromatic N) is 2. The first kappa shape index (κ1) is 22.1. The average molecular weight is 479 g/mol. The fraction of sp³-hybridized carbons (Fsp3) is 0.172. The molecule has 0 radical (unpaired) electrons. The minimum Gasteiger partial charge on any atom is -0.395 e. The Morgan fingerprint density at radius 1 is 0.806 bits per heavy atom.